The van der Waals surface area contributed by atoms with E-state index in [0.29, 0.717) is 17.0 Å². The van der Waals surface area contributed by atoms with Crippen LogP contribution >= 0.6 is 11.3 Å². The van der Waals surface area contributed by atoms with Gasteiger partial charge in [0.2, 0.25) is 5.91 Å². The SMILES string of the molecule is Cc1ccc(F)cc1NC(=O)CN1CCC[C@H]1Cc1c(C(=O)O)sc2ccccc12. The monoisotopic (exact) mass is 426 g/mol. The molecule has 2 heterocycles. The predicted octanol–water partition coefficient (Wildman–Crippen LogP) is 4.69. The Labute approximate surface area is 178 Å². The fourth-order valence-corrected chi connectivity index (χ4v) is 5.22. The average Bonchev–Trinajstić information content (AvgIpc) is 3.30. The molecule has 0 aliphatic carbocycles. The van der Waals surface area contributed by atoms with Gasteiger partial charge in [0, 0.05) is 16.4 Å². The molecule has 1 saturated heterocycles. The summed E-state index contributed by atoms with van der Waals surface area (Å²) in [7, 11) is 0. The van der Waals surface area contributed by atoms with Crippen LogP contribution in [0.2, 0.25) is 0 Å². The van der Waals surface area contributed by atoms with Gasteiger partial charge in [-0.15, -0.1) is 11.3 Å². The smallest absolute Gasteiger partial charge is 0.346 e. The van der Waals surface area contributed by atoms with Crippen LogP contribution in [0.3, 0.4) is 0 Å². The van der Waals surface area contributed by atoms with E-state index in [9.17, 15) is 19.1 Å². The number of anilines is 1. The lowest BCUT2D eigenvalue weighted by atomic mass is 10.0. The Morgan fingerprint density at radius 1 is 1.27 bits per heavy atom. The number of halogens is 1. The molecule has 1 aromatic heterocycles. The number of aryl methyl sites for hydroxylation is 1. The zero-order chi connectivity index (χ0) is 21.3. The standard InChI is InChI=1S/C23H23FN2O3S/c1-14-8-9-15(24)11-19(14)25-21(27)13-26-10-4-5-16(26)12-18-17-6-2-3-7-20(17)30-22(18)23(28)29/h2-3,6-9,11,16H,4-5,10,12-13H2,1H3,(H,25,27)(H,28,29)/t16-/m0/s1. The molecule has 1 aliphatic rings. The number of amides is 1. The van der Waals surface area contributed by atoms with Crippen LogP contribution in [0.1, 0.15) is 33.6 Å². The van der Waals surface area contributed by atoms with Gasteiger partial charge < -0.3 is 10.4 Å². The van der Waals surface area contributed by atoms with Gasteiger partial charge in [-0.05, 0) is 67.4 Å². The number of carbonyl (C=O) groups is 2. The minimum atomic E-state index is -0.907. The Hall–Kier alpha value is -2.77. The molecule has 5 nitrogen and oxygen atoms in total. The Kier molecular flexibility index (Phi) is 5.83. The summed E-state index contributed by atoms with van der Waals surface area (Å²) in [5, 5.41) is 13.4. The summed E-state index contributed by atoms with van der Waals surface area (Å²) in [6, 6.07) is 12.2. The summed E-state index contributed by atoms with van der Waals surface area (Å²) >= 11 is 1.30. The number of nitrogens with zero attached hydrogens (tertiary/aromatic N) is 1. The molecule has 0 spiro atoms. The first-order valence-electron chi connectivity index (χ1n) is 9.96. The van der Waals surface area contributed by atoms with Gasteiger partial charge in [0.25, 0.3) is 0 Å². The summed E-state index contributed by atoms with van der Waals surface area (Å²) in [5.74, 6) is -1.49. The number of carbonyl (C=O) groups excluding carboxylic acids is 1. The number of thiophene rings is 1. The molecule has 4 rings (SSSR count). The van der Waals surface area contributed by atoms with E-state index in [1.165, 1.54) is 23.5 Å². The van der Waals surface area contributed by atoms with E-state index in [1.807, 2.05) is 31.2 Å². The summed E-state index contributed by atoms with van der Waals surface area (Å²) < 4.78 is 14.5. The topological polar surface area (TPSA) is 69.6 Å². The Morgan fingerprint density at radius 3 is 2.87 bits per heavy atom. The maximum absolute atomic E-state index is 13.5. The second kappa shape index (κ2) is 8.53. The van der Waals surface area contributed by atoms with E-state index >= 15 is 0 Å². The van der Waals surface area contributed by atoms with Gasteiger partial charge >= 0.3 is 5.97 Å². The molecule has 2 aromatic carbocycles. The molecule has 1 aliphatic heterocycles. The third kappa shape index (κ3) is 4.22. The molecule has 0 saturated carbocycles. The van der Waals surface area contributed by atoms with Crippen LogP contribution in [0.4, 0.5) is 10.1 Å². The lowest BCUT2D eigenvalue weighted by Gasteiger charge is -2.24. The van der Waals surface area contributed by atoms with Crippen molar-refractivity contribution in [2.75, 3.05) is 18.4 Å². The molecule has 0 radical (unpaired) electrons. The third-order valence-electron chi connectivity index (χ3n) is 5.65. The molecule has 7 heteroatoms. The summed E-state index contributed by atoms with van der Waals surface area (Å²) in [4.78, 5) is 26.9. The lowest BCUT2D eigenvalue weighted by Crippen LogP contribution is -2.38. The van der Waals surface area contributed by atoms with Gasteiger partial charge in [-0.1, -0.05) is 24.3 Å². The number of benzene rings is 2. The highest BCUT2D eigenvalue weighted by Crippen LogP contribution is 2.34. The number of hydrogen-bond donors (Lipinski definition) is 2. The molecule has 0 unspecified atom stereocenters. The molecular formula is C23H23FN2O3S. The molecule has 30 heavy (non-hydrogen) atoms. The minimum absolute atomic E-state index is 0.0977. The van der Waals surface area contributed by atoms with Crippen LogP contribution in [-0.2, 0) is 11.2 Å². The van der Waals surface area contributed by atoms with Crippen LogP contribution in [0.5, 0.6) is 0 Å². The summed E-state index contributed by atoms with van der Waals surface area (Å²) in [6.07, 6.45) is 2.47. The quantitative estimate of drug-likeness (QED) is 0.600. The number of carboxylic acids is 1. The second-order valence-electron chi connectivity index (χ2n) is 7.69. The first kappa shape index (κ1) is 20.5. The van der Waals surface area contributed by atoms with Crippen molar-refractivity contribution in [3.05, 3.63) is 64.3 Å². The second-order valence-corrected chi connectivity index (χ2v) is 8.74. The van der Waals surface area contributed by atoms with E-state index in [0.717, 1.165) is 40.6 Å². The number of fused-ring (bicyclic) bond motifs is 1. The number of hydrogen-bond acceptors (Lipinski definition) is 4. The zero-order valence-electron chi connectivity index (χ0n) is 16.7. The van der Waals surface area contributed by atoms with Crippen molar-refractivity contribution < 1.29 is 19.1 Å². The molecule has 1 amide bonds. The number of likely N-dealkylation sites (tertiary alicyclic amines) is 1. The maximum Gasteiger partial charge on any atom is 0.346 e. The van der Waals surface area contributed by atoms with E-state index in [-0.39, 0.29) is 24.3 Å². The number of nitrogens with one attached hydrogen (secondary N) is 1. The fraction of sp³-hybridized carbons (Fsp3) is 0.304. The van der Waals surface area contributed by atoms with Crippen LogP contribution in [0.15, 0.2) is 42.5 Å². The van der Waals surface area contributed by atoms with Crippen LogP contribution in [-0.4, -0.2) is 41.0 Å². The highest BCUT2D eigenvalue weighted by molar-refractivity contribution is 7.21. The predicted molar refractivity (Wildman–Crippen MR) is 117 cm³/mol. The number of carboxylic acid groups (broad SMARTS) is 1. The Morgan fingerprint density at radius 2 is 2.07 bits per heavy atom. The van der Waals surface area contributed by atoms with E-state index in [2.05, 4.69) is 10.2 Å². The van der Waals surface area contributed by atoms with Gasteiger partial charge in [0.15, 0.2) is 0 Å². The van der Waals surface area contributed by atoms with Gasteiger partial charge in [-0.3, -0.25) is 9.69 Å². The Balaban J connectivity index is 1.50. The molecule has 156 valence electrons. The largest absolute Gasteiger partial charge is 0.477 e. The van der Waals surface area contributed by atoms with Gasteiger partial charge in [-0.2, -0.15) is 0 Å². The van der Waals surface area contributed by atoms with Crippen LogP contribution < -0.4 is 5.32 Å². The minimum Gasteiger partial charge on any atom is -0.477 e. The molecule has 1 atom stereocenters. The fourth-order valence-electron chi connectivity index (χ4n) is 4.15. The highest BCUT2D eigenvalue weighted by atomic mass is 32.1. The van der Waals surface area contributed by atoms with Crippen molar-refractivity contribution in [3.63, 3.8) is 0 Å². The van der Waals surface area contributed by atoms with E-state index < -0.39 is 5.97 Å². The summed E-state index contributed by atoms with van der Waals surface area (Å²) in [5.41, 5.74) is 2.13. The Bertz CT molecular complexity index is 1110. The summed E-state index contributed by atoms with van der Waals surface area (Å²) in [6.45, 7) is 2.80. The zero-order valence-corrected chi connectivity index (χ0v) is 17.5. The molecular weight excluding hydrogens is 403 g/mol. The van der Waals surface area contributed by atoms with Crippen molar-refractivity contribution in [2.24, 2.45) is 0 Å². The molecule has 3 aromatic rings. The molecule has 1 fully saturated rings. The molecule has 2 N–H and O–H groups in total. The van der Waals surface area contributed by atoms with Gasteiger partial charge in [0.1, 0.15) is 10.7 Å². The van der Waals surface area contributed by atoms with Crippen molar-refractivity contribution in [1.29, 1.82) is 0 Å². The van der Waals surface area contributed by atoms with Crippen molar-refractivity contribution in [1.82, 2.24) is 4.90 Å². The van der Waals surface area contributed by atoms with Gasteiger partial charge in [-0.25, -0.2) is 9.18 Å². The lowest BCUT2D eigenvalue weighted by molar-refractivity contribution is -0.117. The van der Waals surface area contributed by atoms with E-state index in [4.69, 9.17) is 0 Å². The first-order valence-corrected chi connectivity index (χ1v) is 10.8. The average molecular weight is 427 g/mol. The van der Waals surface area contributed by atoms with E-state index in [1.54, 1.807) is 6.07 Å². The third-order valence-corrected chi connectivity index (χ3v) is 6.85. The maximum atomic E-state index is 13.5. The van der Waals surface area contributed by atoms with Gasteiger partial charge in [0.05, 0.1) is 6.54 Å². The van der Waals surface area contributed by atoms with Crippen molar-refractivity contribution >= 4 is 39.0 Å². The van der Waals surface area contributed by atoms with Crippen molar-refractivity contribution in [2.45, 2.75) is 32.2 Å². The first-order chi connectivity index (χ1) is 14.4. The number of rotatable bonds is 6. The van der Waals surface area contributed by atoms with Crippen LogP contribution in [0, 0.1) is 12.7 Å². The van der Waals surface area contributed by atoms with Crippen LogP contribution in [0.25, 0.3) is 10.1 Å². The van der Waals surface area contributed by atoms with Crippen molar-refractivity contribution in [3.8, 4) is 0 Å². The number of aromatic carboxylic acids is 1. The molecule has 0 bridgehead atoms. The highest BCUT2D eigenvalue weighted by Gasteiger charge is 2.29. The normalized spacial score (nSPS) is 16.8.